The van der Waals surface area contributed by atoms with Crippen molar-refractivity contribution in [3.05, 3.63) is 29.8 Å². The number of benzene rings is 1. The van der Waals surface area contributed by atoms with Gasteiger partial charge >= 0.3 is 0 Å². The number of rotatable bonds is 4. The van der Waals surface area contributed by atoms with Gasteiger partial charge in [-0.25, -0.2) is 0 Å². The fourth-order valence-electron chi connectivity index (χ4n) is 1.90. The average molecular weight is 257 g/mol. The molecule has 0 bridgehead atoms. The predicted molar refractivity (Wildman–Crippen MR) is 68.4 cm³/mol. The summed E-state index contributed by atoms with van der Waals surface area (Å²) in [5.41, 5.74) is 0.623. The van der Waals surface area contributed by atoms with Gasteiger partial charge in [0.05, 0.1) is 24.3 Å². The van der Waals surface area contributed by atoms with E-state index in [2.05, 4.69) is 17.0 Å². The van der Waals surface area contributed by atoms with Crippen LogP contribution in [0.5, 0.6) is 5.75 Å². The molecule has 5 nitrogen and oxygen atoms in total. The molecule has 0 radical (unpaired) electrons. The predicted octanol–water partition coefficient (Wildman–Crippen LogP) is 1.16. The molecule has 1 aliphatic rings. The maximum Gasteiger partial charge on any atom is 0.156 e. The van der Waals surface area contributed by atoms with Crippen molar-refractivity contribution in [3.8, 4) is 17.9 Å². The van der Waals surface area contributed by atoms with Gasteiger partial charge in [0.25, 0.3) is 0 Å². The van der Waals surface area contributed by atoms with Crippen molar-refractivity contribution in [1.29, 1.82) is 10.5 Å². The van der Waals surface area contributed by atoms with Gasteiger partial charge in [-0.1, -0.05) is 0 Å². The van der Waals surface area contributed by atoms with Crippen LogP contribution in [-0.2, 0) is 4.74 Å². The van der Waals surface area contributed by atoms with Crippen molar-refractivity contribution in [1.82, 2.24) is 4.90 Å². The quantitative estimate of drug-likeness (QED) is 0.809. The van der Waals surface area contributed by atoms with Crippen LogP contribution in [0.4, 0.5) is 0 Å². The first-order valence-electron chi connectivity index (χ1n) is 6.18. The minimum Gasteiger partial charge on any atom is -0.492 e. The van der Waals surface area contributed by atoms with Gasteiger partial charge in [0.1, 0.15) is 12.4 Å². The van der Waals surface area contributed by atoms with Gasteiger partial charge < -0.3 is 9.47 Å². The minimum atomic E-state index is -0.330. The summed E-state index contributed by atoms with van der Waals surface area (Å²) in [5.74, 6) is 0.754. The van der Waals surface area contributed by atoms with Gasteiger partial charge in [-0.3, -0.25) is 4.90 Å². The summed E-state index contributed by atoms with van der Waals surface area (Å²) in [7, 11) is 0. The summed E-state index contributed by atoms with van der Waals surface area (Å²) in [6, 6.07) is 11.2. The van der Waals surface area contributed by atoms with Crippen LogP contribution in [0.2, 0.25) is 0 Å². The van der Waals surface area contributed by atoms with E-state index in [0.29, 0.717) is 25.3 Å². The normalized spacial score (nSPS) is 19.4. The molecular formula is C14H15N3O2. The highest BCUT2D eigenvalue weighted by atomic mass is 16.5. The molecule has 1 atom stereocenters. The fraction of sp³-hybridized carbons (Fsp3) is 0.429. The van der Waals surface area contributed by atoms with Crippen LogP contribution in [0.1, 0.15) is 5.56 Å². The molecular weight excluding hydrogens is 242 g/mol. The lowest BCUT2D eigenvalue weighted by molar-refractivity contribution is -0.00334. The zero-order valence-electron chi connectivity index (χ0n) is 10.6. The number of hydrogen-bond acceptors (Lipinski definition) is 5. The second kappa shape index (κ2) is 6.75. The largest absolute Gasteiger partial charge is 0.492 e. The van der Waals surface area contributed by atoms with Crippen LogP contribution in [0.3, 0.4) is 0 Å². The first-order chi connectivity index (χ1) is 9.31. The van der Waals surface area contributed by atoms with E-state index < -0.39 is 0 Å². The topological polar surface area (TPSA) is 69.3 Å². The summed E-state index contributed by atoms with van der Waals surface area (Å²) in [4.78, 5) is 2.15. The highest BCUT2D eigenvalue weighted by molar-refractivity contribution is 5.34. The second-order valence-corrected chi connectivity index (χ2v) is 4.27. The van der Waals surface area contributed by atoms with Gasteiger partial charge in [-0.15, -0.1) is 0 Å². The van der Waals surface area contributed by atoms with Crippen molar-refractivity contribution in [3.63, 3.8) is 0 Å². The van der Waals surface area contributed by atoms with Crippen LogP contribution < -0.4 is 4.74 Å². The molecule has 1 aromatic rings. The van der Waals surface area contributed by atoms with Crippen LogP contribution in [-0.4, -0.2) is 43.9 Å². The van der Waals surface area contributed by atoms with E-state index >= 15 is 0 Å². The van der Waals surface area contributed by atoms with Crippen molar-refractivity contribution in [2.45, 2.75) is 6.10 Å². The molecule has 5 heteroatoms. The van der Waals surface area contributed by atoms with Crippen LogP contribution in [0, 0.1) is 22.7 Å². The maximum atomic E-state index is 8.80. The van der Waals surface area contributed by atoms with E-state index in [1.54, 1.807) is 24.3 Å². The molecule has 98 valence electrons. The Balaban J connectivity index is 1.74. The van der Waals surface area contributed by atoms with E-state index in [0.717, 1.165) is 18.8 Å². The Morgan fingerprint density at radius 2 is 2.11 bits per heavy atom. The third kappa shape index (κ3) is 3.96. The monoisotopic (exact) mass is 257 g/mol. The molecule has 0 saturated carbocycles. The molecule has 0 aromatic heterocycles. The molecule has 1 aromatic carbocycles. The highest BCUT2D eigenvalue weighted by Gasteiger charge is 2.19. The van der Waals surface area contributed by atoms with Gasteiger partial charge in [0.15, 0.2) is 6.10 Å². The first-order valence-corrected chi connectivity index (χ1v) is 6.18. The van der Waals surface area contributed by atoms with E-state index in [-0.39, 0.29) is 6.10 Å². The molecule has 19 heavy (non-hydrogen) atoms. The Labute approximate surface area is 112 Å². The summed E-state index contributed by atoms with van der Waals surface area (Å²) in [6.07, 6.45) is -0.330. The summed E-state index contributed by atoms with van der Waals surface area (Å²) < 4.78 is 10.9. The third-order valence-electron chi connectivity index (χ3n) is 2.95. The van der Waals surface area contributed by atoms with E-state index in [4.69, 9.17) is 20.0 Å². The molecule has 0 spiro atoms. The molecule has 0 N–H and O–H groups in total. The van der Waals surface area contributed by atoms with Crippen molar-refractivity contribution in [2.24, 2.45) is 0 Å². The van der Waals surface area contributed by atoms with E-state index in [1.165, 1.54) is 0 Å². The second-order valence-electron chi connectivity index (χ2n) is 4.27. The summed E-state index contributed by atoms with van der Waals surface area (Å²) in [6.45, 7) is 3.38. The van der Waals surface area contributed by atoms with Crippen molar-refractivity contribution in [2.75, 3.05) is 32.8 Å². The smallest absolute Gasteiger partial charge is 0.156 e. The Hall–Kier alpha value is -2.08. The molecule has 0 amide bonds. The van der Waals surface area contributed by atoms with Crippen molar-refractivity contribution >= 4 is 0 Å². The average Bonchev–Trinajstić information content (AvgIpc) is 2.48. The van der Waals surface area contributed by atoms with Crippen LogP contribution in [0.25, 0.3) is 0 Å². The number of nitriles is 2. The molecule has 0 aliphatic carbocycles. The Bertz CT molecular complexity index is 487. The first kappa shape index (κ1) is 13.4. The van der Waals surface area contributed by atoms with Gasteiger partial charge in [-0.05, 0) is 24.3 Å². The zero-order chi connectivity index (χ0) is 13.5. The minimum absolute atomic E-state index is 0.330. The fourth-order valence-corrected chi connectivity index (χ4v) is 1.90. The van der Waals surface area contributed by atoms with Gasteiger partial charge in [-0.2, -0.15) is 10.5 Å². The van der Waals surface area contributed by atoms with Gasteiger partial charge in [0.2, 0.25) is 0 Å². The Morgan fingerprint density at radius 1 is 1.32 bits per heavy atom. The lowest BCUT2D eigenvalue weighted by atomic mass is 10.2. The lowest BCUT2D eigenvalue weighted by Crippen LogP contribution is -2.43. The van der Waals surface area contributed by atoms with Gasteiger partial charge in [0, 0.05) is 19.6 Å². The molecule has 1 saturated heterocycles. The Kier molecular flexibility index (Phi) is 4.74. The van der Waals surface area contributed by atoms with Crippen molar-refractivity contribution < 1.29 is 9.47 Å². The van der Waals surface area contributed by atoms with E-state index in [1.807, 2.05) is 0 Å². The SMILES string of the molecule is N#Cc1ccc(OCCN2CCOC(C#N)C2)cc1. The Morgan fingerprint density at radius 3 is 2.79 bits per heavy atom. The number of hydrogen-bond donors (Lipinski definition) is 0. The summed E-state index contributed by atoms with van der Waals surface area (Å²) in [5, 5.41) is 17.5. The molecule has 1 unspecified atom stereocenters. The molecule has 1 aliphatic heterocycles. The zero-order valence-corrected chi connectivity index (χ0v) is 10.6. The molecule has 1 heterocycles. The third-order valence-corrected chi connectivity index (χ3v) is 2.95. The number of ether oxygens (including phenoxy) is 2. The maximum absolute atomic E-state index is 8.80. The molecule has 1 fully saturated rings. The van der Waals surface area contributed by atoms with E-state index in [9.17, 15) is 0 Å². The standard InChI is InChI=1S/C14H15N3O2/c15-9-12-1-3-13(4-2-12)18-7-5-17-6-8-19-14(10-16)11-17/h1-4,14H,5-8,11H2. The molecule has 2 rings (SSSR count). The van der Waals surface area contributed by atoms with Crippen LogP contribution in [0.15, 0.2) is 24.3 Å². The van der Waals surface area contributed by atoms with Crippen LogP contribution >= 0.6 is 0 Å². The summed E-state index contributed by atoms with van der Waals surface area (Å²) >= 11 is 0. The number of nitrogens with zero attached hydrogens (tertiary/aromatic N) is 3. The lowest BCUT2D eigenvalue weighted by Gasteiger charge is -2.29. The highest BCUT2D eigenvalue weighted by Crippen LogP contribution is 2.11. The number of morpholine rings is 1.